The molecule has 20 heavy (non-hydrogen) atoms. The third-order valence-electron chi connectivity index (χ3n) is 4.79. The van der Waals surface area contributed by atoms with Crippen molar-refractivity contribution in [1.29, 1.82) is 0 Å². The van der Waals surface area contributed by atoms with Crippen molar-refractivity contribution in [3.8, 4) is 11.5 Å². The summed E-state index contributed by atoms with van der Waals surface area (Å²) in [4.78, 5) is 0. The van der Waals surface area contributed by atoms with Crippen LogP contribution in [0.1, 0.15) is 31.2 Å². The number of halogens is 2. The number of methoxy groups -OCH3 is 1. The molecule has 2 nitrogen and oxygen atoms in total. The summed E-state index contributed by atoms with van der Waals surface area (Å²) in [6.07, 6.45) is 5.50. The minimum Gasteiger partial charge on any atom is -0.493 e. The van der Waals surface area contributed by atoms with E-state index >= 15 is 0 Å². The fourth-order valence-electron chi connectivity index (χ4n) is 3.81. The zero-order valence-electron chi connectivity index (χ0n) is 11.7. The molecule has 0 heterocycles. The Morgan fingerprint density at radius 3 is 2.70 bits per heavy atom. The van der Waals surface area contributed by atoms with E-state index in [0.717, 1.165) is 29.8 Å². The Hall–Kier alpha value is -0.600. The molecule has 2 fully saturated rings. The smallest absolute Gasteiger partial charge is 0.165 e. The summed E-state index contributed by atoms with van der Waals surface area (Å²) in [5, 5.41) is 0.629. The Morgan fingerprint density at radius 2 is 2.10 bits per heavy atom. The van der Waals surface area contributed by atoms with Crippen LogP contribution in [0.3, 0.4) is 0 Å². The highest BCUT2D eigenvalue weighted by Crippen LogP contribution is 2.48. The van der Waals surface area contributed by atoms with Crippen molar-refractivity contribution < 1.29 is 9.47 Å². The molecule has 3 atom stereocenters. The molecule has 3 rings (SSSR count). The van der Waals surface area contributed by atoms with Gasteiger partial charge in [0.1, 0.15) is 0 Å². The van der Waals surface area contributed by atoms with Gasteiger partial charge in [-0.15, -0.1) is 11.6 Å². The van der Waals surface area contributed by atoms with Crippen LogP contribution in [-0.2, 0) is 5.88 Å². The molecule has 110 valence electrons. The van der Waals surface area contributed by atoms with Gasteiger partial charge in [-0.3, -0.25) is 0 Å². The van der Waals surface area contributed by atoms with Crippen LogP contribution >= 0.6 is 23.2 Å². The molecular weight excluding hydrogens is 295 g/mol. The summed E-state index contributed by atoms with van der Waals surface area (Å²) in [6.45, 7) is 0.767. The molecule has 1 aromatic carbocycles. The molecule has 0 spiro atoms. The van der Waals surface area contributed by atoms with Crippen LogP contribution in [0, 0.1) is 17.8 Å². The van der Waals surface area contributed by atoms with E-state index < -0.39 is 0 Å². The first-order valence-electron chi connectivity index (χ1n) is 7.26. The molecule has 2 aliphatic rings. The molecule has 2 aliphatic carbocycles. The average Bonchev–Trinajstić information content (AvgIpc) is 3.07. The molecule has 0 N–H and O–H groups in total. The summed E-state index contributed by atoms with van der Waals surface area (Å²) in [7, 11) is 1.63. The van der Waals surface area contributed by atoms with Gasteiger partial charge in [-0.25, -0.2) is 0 Å². The minimum absolute atomic E-state index is 0.378. The summed E-state index contributed by atoms with van der Waals surface area (Å²) in [5.74, 6) is 4.30. The lowest BCUT2D eigenvalue weighted by Crippen LogP contribution is -2.19. The van der Waals surface area contributed by atoms with Crippen molar-refractivity contribution in [3.63, 3.8) is 0 Å². The van der Waals surface area contributed by atoms with E-state index in [0.29, 0.717) is 22.6 Å². The van der Waals surface area contributed by atoms with Gasteiger partial charge in [0, 0.05) is 16.7 Å². The van der Waals surface area contributed by atoms with E-state index in [2.05, 4.69) is 0 Å². The number of benzene rings is 1. The van der Waals surface area contributed by atoms with Crippen molar-refractivity contribution in [2.24, 2.45) is 17.8 Å². The fraction of sp³-hybridized carbons (Fsp3) is 0.625. The van der Waals surface area contributed by atoms with Crippen molar-refractivity contribution in [2.45, 2.75) is 31.6 Å². The van der Waals surface area contributed by atoms with Crippen LogP contribution in [0.25, 0.3) is 0 Å². The molecule has 0 saturated heterocycles. The molecule has 4 heteroatoms. The lowest BCUT2D eigenvalue weighted by Gasteiger charge is -2.23. The number of ether oxygens (including phenoxy) is 2. The second-order valence-corrected chi connectivity index (χ2v) is 6.68. The van der Waals surface area contributed by atoms with Crippen LogP contribution in [0.2, 0.25) is 5.02 Å². The van der Waals surface area contributed by atoms with Crippen LogP contribution in [0.5, 0.6) is 11.5 Å². The number of hydrogen-bond donors (Lipinski definition) is 0. The highest BCUT2D eigenvalue weighted by Gasteiger charge is 2.39. The first kappa shape index (κ1) is 14.3. The predicted octanol–water partition coefficient (Wildman–Crippen LogP) is 4.90. The molecule has 0 aliphatic heterocycles. The van der Waals surface area contributed by atoms with Gasteiger partial charge in [-0.05, 0) is 43.1 Å². The van der Waals surface area contributed by atoms with E-state index in [1.165, 1.54) is 25.7 Å². The number of fused-ring (bicyclic) bond motifs is 2. The first-order chi connectivity index (χ1) is 9.71. The molecular formula is C16H20Cl2O2. The van der Waals surface area contributed by atoms with Gasteiger partial charge in [0.05, 0.1) is 19.6 Å². The molecule has 1 aromatic rings. The highest BCUT2D eigenvalue weighted by atomic mass is 35.5. The second kappa shape index (κ2) is 6.03. The molecule has 2 saturated carbocycles. The van der Waals surface area contributed by atoms with Gasteiger partial charge in [0.25, 0.3) is 0 Å². The fourth-order valence-corrected chi connectivity index (χ4v) is 4.24. The monoisotopic (exact) mass is 314 g/mol. The van der Waals surface area contributed by atoms with Gasteiger partial charge < -0.3 is 9.47 Å². The third-order valence-corrected chi connectivity index (χ3v) is 5.29. The van der Waals surface area contributed by atoms with Gasteiger partial charge in [-0.2, -0.15) is 0 Å². The van der Waals surface area contributed by atoms with Gasteiger partial charge in [0.2, 0.25) is 0 Å². The largest absolute Gasteiger partial charge is 0.493 e. The predicted molar refractivity (Wildman–Crippen MR) is 82.0 cm³/mol. The van der Waals surface area contributed by atoms with E-state index in [-0.39, 0.29) is 0 Å². The molecule has 0 aromatic heterocycles. The third kappa shape index (κ3) is 2.73. The van der Waals surface area contributed by atoms with E-state index in [4.69, 9.17) is 32.7 Å². The van der Waals surface area contributed by atoms with Crippen molar-refractivity contribution >= 4 is 23.2 Å². The van der Waals surface area contributed by atoms with Crippen LogP contribution in [0.4, 0.5) is 0 Å². The number of rotatable bonds is 5. The summed E-state index contributed by atoms with van der Waals surface area (Å²) < 4.78 is 11.5. The second-order valence-electron chi connectivity index (χ2n) is 5.98. The maximum atomic E-state index is 6.07. The first-order valence-corrected chi connectivity index (χ1v) is 8.17. The van der Waals surface area contributed by atoms with Crippen LogP contribution in [0.15, 0.2) is 12.1 Å². The Labute approximate surface area is 130 Å². The summed E-state index contributed by atoms with van der Waals surface area (Å²) in [6, 6.07) is 3.64. The topological polar surface area (TPSA) is 18.5 Å². The Bertz CT molecular complexity index is 464. The molecule has 3 unspecified atom stereocenters. The maximum absolute atomic E-state index is 6.07. The molecule has 0 radical (unpaired) electrons. The zero-order valence-corrected chi connectivity index (χ0v) is 13.2. The zero-order chi connectivity index (χ0) is 14.1. The summed E-state index contributed by atoms with van der Waals surface area (Å²) in [5.41, 5.74) is 0.902. The Kier molecular flexibility index (Phi) is 4.32. The summed E-state index contributed by atoms with van der Waals surface area (Å²) >= 11 is 12.1. The quantitative estimate of drug-likeness (QED) is 0.719. The molecule has 2 bridgehead atoms. The number of alkyl halides is 1. The van der Waals surface area contributed by atoms with E-state index in [1.807, 2.05) is 6.07 Å². The minimum atomic E-state index is 0.378. The van der Waals surface area contributed by atoms with Crippen molar-refractivity contribution in [2.75, 3.05) is 13.7 Å². The lowest BCUT2D eigenvalue weighted by molar-refractivity contribution is 0.188. The SMILES string of the molecule is COc1cc(Cl)cc(CCl)c1OCC1CC2CCC1C2. The molecule has 0 amide bonds. The van der Waals surface area contributed by atoms with Crippen LogP contribution in [-0.4, -0.2) is 13.7 Å². The highest BCUT2D eigenvalue weighted by molar-refractivity contribution is 6.31. The van der Waals surface area contributed by atoms with Crippen LogP contribution < -0.4 is 9.47 Å². The average molecular weight is 315 g/mol. The van der Waals surface area contributed by atoms with Crippen molar-refractivity contribution in [3.05, 3.63) is 22.7 Å². The van der Waals surface area contributed by atoms with Gasteiger partial charge >= 0.3 is 0 Å². The Morgan fingerprint density at radius 1 is 1.25 bits per heavy atom. The van der Waals surface area contributed by atoms with Crippen molar-refractivity contribution in [1.82, 2.24) is 0 Å². The normalized spacial score (nSPS) is 27.9. The van der Waals surface area contributed by atoms with Gasteiger partial charge in [-0.1, -0.05) is 18.0 Å². The van der Waals surface area contributed by atoms with E-state index in [9.17, 15) is 0 Å². The lowest BCUT2D eigenvalue weighted by atomic mass is 9.89. The van der Waals surface area contributed by atoms with E-state index in [1.54, 1.807) is 13.2 Å². The number of hydrogen-bond acceptors (Lipinski definition) is 2. The standard InChI is InChI=1S/C16H20Cl2O2/c1-19-15-7-14(18)6-12(8-17)16(15)20-9-13-5-10-2-3-11(13)4-10/h6-7,10-11,13H,2-5,8-9H2,1H3. The Balaban J connectivity index is 1.73. The van der Waals surface area contributed by atoms with Gasteiger partial charge in [0.15, 0.2) is 11.5 Å². The maximum Gasteiger partial charge on any atom is 0.165 e.